The largest absolute Gasteiger partial charge is 0.480 e. The van der Waals surface area contributed by atoms with E-state index in [1.165, 1.54) is 6.08 Å². The van der Waals surface area contributed by atoms with E-state index in [0.717, 1.165) is 17.6 Å². The number of fused-ring (bicyclic) bond motifs is 1. The zero-order chi connectivity index (χ0) is 16.7. The van der Waals surface area contributed by atoms with Gasteiger partial charge in [-0.05, 0) is 30.1 Å². The molecule has 0 aromatic heterocycles. The monoisotopic (exact) mass is 335 g/mol. The van der Waals surface area contributed by atoms with Crippen LogP contribution in [0.3, 0.4) is 0 Å². The molecule has 0 amide bonds. The number of nitrogens with zero attached hydrogens (tertiary/aromatic N) is 1. The second kappa shape index (κ2) is 5.64. The van der Waals surface area contributed by atoms with Gasteiger partial charge in [0, 0.05) is 18.8 Å². The van der Waals surface area contributed by atoms with Crippen molar-refractivity contribution in [3.8, 4) is 0 Å². The van der Waals surface area contributed by atoms with Crippen LogP contribution in [-0.4, -0.2) is 37.5 Å². The first-order valence-electron chi connectivity index (χ1n) is 7.34. The minimum atomic E-state index is -4.83. The summed E-state index contributed by atoms with van der Waals surface area (Å²) in [5, 5.41) is 7.27. The van der Waals surface area contributed by atoms with Crippen LogP contribution in [0.1, 0.15) is 18.4 Å². The Morgan fingerprint density at radius 3 is 2.57 bits per heavy atom. The fraction of sp³-hybridized carbons (Fsp3) is 0.312. The molecule has 1 atom stereocenters. The van der Waals surface area contributed by atoms with Gasteiger partial charge in [-0.1, -0.05) is 36.4 Å². The summed E-state index contributed by atoms with van der Waals surface area (Å²) in [6.07, 6.45) is 3.51. The Kier molecular flexibility index (Phi) is 3.92. The van der Waals surface area contributed by atoms with E-state index in [9.17, 15) is 24.3 Å². The third kappa shape index (κ3) is 2.74. The highest BCUT2D eigenvalue weighted by molar-refractivity contribution is 7.55. The van der Waals surface area contributed by atoms with Crippen molar-refractivity contribution in [1.82, 2.24) is 4.90 Å². The Morgan fingerprint density at radius 1 is 1.26 bits per heavy atom. The van der Waals surface area contributed by atoms with Crippen LogP contribution in [0, 0.1) is 0 Å². The number of carbonyl (C=O) groups is 1. The van der Waals surface area contributed by atoms with Gasteiger partial charge < -0.3 is 19.8 Å². The van der Waals surface area contributed by atoms with E-state index in [2.05, 4.69) is 0 Å². The highest BCUT2D eigenvalue weighted by atomic mass is 31.2. The molecule has 1 aliphatic heterocycles. The number of allylic oxidation sites excluding steroid dienone is 2. The number of likely N-dealkylation sites (tertiary alicyclic amines) is 1. The van der Waals surface area contributed by atoms with Crippen LogP contribution in [-0.2, 0) is 15.9 Å². The lowest BCUT2D eigenvalue weighted by molar-refractivity contribution is -0.139. The lowest BCUT2D eigenvalue weighted by Gasteiger charge is -2.32. The molecule has 1 saturated heterocycles. The SMILES string of the molecule is O=C(O)C1(P(=O)(O)O)C=C2C(=CC1)CCN2Cc1ccccc1. The maximum atomic E-state index is 11.8. The average Bonchev–Trinajstić information content (AvgIpc) is 2.89. The first kappa shape index (κ1) is 16.0. The van der Waals surface area contributed by atoms with E-state index in [1.54, 1.807) is 6.08 Å². The summed E-state index contributed by atoms with van der Waals surface area (Å²) in [4.78, 5) is 32.8. The summed E-state index contributed by atoms with van der Waals surface area (Å²) in [7, 11) is -4.83. The lowest BCUT2D eigenvalue weighted by atomic mass is 9.93. The van der Waals surface area contributed by atoms with Gasteiger partial charge in [-0.3, -0.25) is 9.36 Å². The molecule has 1 heterocycles. The Hall–Kier alpha value is -1.88. The first-order chi connectivity index (χ1) is 10.8. The van der Waals surface area contributed by atoms with E-state index >= 15 is 0 Å². The Bertz CT molecular complexity index is 736. The molecule has 1 unspecified atom stereocenters. The lowest BCUT2D eigenvalue weighted by Crippen LogP contribution is -2.38. The summed E-state index contributed by atoms with van der Waals surface area (Å²) < 4.78 is 11.8. The standard InChI is InChI=1S/C16H18NO5P/c18-15(19)16(23(20,21)22)8-6-13-7-9-17(14(13)10-16)11-12-4-2-1-3-5-12/h1-6,10H,7-9,11H2,(H,18,19)(H2,20,21,22). The van der Waals surface area contributed by atoms with Crippen molar-refractivity contribution < 1.29 is 24.3 Å². The van der Waals surface area contributed by atoms with Crippen LogP contribution in [0.5, 0.6) is 0 Å². The minimum Gasteiger partial charge on any atom is -0.480 e. The van der Waals surface area contributed by atoms with E-state index in [4.69, 9.17) is 0 Å². The molecule has 1 aliphatic carbocycles. The van der Waals surface area contributed by atoms with Gasteiger partial charge in [0.25, 0.3) is 0 Å². The predicted octanol–water partition coefficient (Wildman–Crippen LogP) is 2.11. The highest BCUT2D eigenvalue weighted by Gasteiger charge is 2.54. The molecule has 23 heavy (non-hydrogen) atoms. The zero-order valence-corrected chi connectivity index (χ0v) is 13.3. The van der Waals surface area contributed by atoms with E-state index in [-0.39, 0.29) is 6.42 Å². The second-order valence-corrected chi connectivity index (χ2v) is 7.78. The van der Waals surface area contributed by atoms with Gasteiger partial charge >= 0.3 is 13.6 Å². The second-order valence-electron chi connectivity index (χ2n) is 5.89. The van der Waals surface area contributed by atoms with Gasteiger partial charge in [-0.2, -0.15) is 0 Å². The number of benzene rings is 1. The van der Waals surface area contributed by atoms with Crippen LogP contribution in [0.4, 0.5) is 0 Å². The fourth-order valence-corrected chi connectivity index (χ4v) is 3.97. The molecule has 2 aliphatic rings. The highest BCUT2D eigenvalue weighted by Crippen LogP contribution is 2.57. The van der Waals surface area contributed by atoms with Crippen molar-refractivity contribution in [2.75, 3.05) is 6.54 Å². The van der Waals surface area contributed by atoms with Crippen LogP contribution in [0.15, 0.2) is 53.8 Å². The van der Waals surface area contributed by atoms with Crippen molar-refractivity contribution in [3.05, 3.63) is 59.3 Å². The molecule has 122 valence electrons. The maximum Gasteiger partial charge on any atom is 0.347 e. The summed E-state index contributed by atoms with van der Waals surface area (Å²) in [5.41, 5.74) is 2.66. The first-order valence-corrected chi connectivity index (χ1v) is 8.95. The van der Waals surface area contributed by atoms with Gasteiger partial charge in [0.15, 0.2) is 5.16 Å². The third-order valence-electron chi connectivity index (χ3n) is 4.46. The van der Waals surface area contributed by atoms with Crippen LogP contribution in [0.2, 0.25) is 0 Å². The molecular formula is C16H18NO5P. The minimum absolute atomic E-state index is 0.176. The average molecular weight is 335 g/mol. The van der Waals surface area contributed by atoms with Crippen LogP contribution in [0.25, 0.3) is 0 Å². The van der Waals surface area contributed by atoms with Gasteiger partial charge in [0.2, 0.25) is 0 Å². The zero-order valence-electron chi connectivity index (χ0n) is 12.4. The maximum absolute atomic E-state index is 11.8. The molecule has 6 nitrogen and oxygen atoms in total. The molecule has 1 aromatic carbocycles. The van der Waals surface area contributed by atoms with Crippen molar-refractivity contribution in [2.24, 2.45) is 0 Å². The molecule has 3 rings (SSSR count). The van der Waals surface area contributed by atoms with Gasteiger partial charge in [0.1, 0.15) is 0 Å². The normalized spacial score (nSPS) is 24.0. The van der Waals surface area contributed by atoms with Crippen molar-refractivity contribution in [1.29, 1.82) is 0 Å². The number of hydrogen-bond acceptors (Lipinski definition) is 3. The molecule has 1 aromatic rings. The molecule has 0 bridgehead atoms. The van der Waals surface area contributed by atoms with Gasteiger partial charge in [-0.15, -0.1) is 0 Å². The number of carboxylic acid groups (broad SMARTS) is 1. The van der Waals surface area contributed by atoms with E-state index in [1.807, 2.05) is 35.2 Å². The van der Waals surface area contributed by atoms with Gasteiger partial charge in [0.05, 0.1) is 0 Å². The molecule has 3 N–H and O–H groups in total. The van der Waals surface area contributed by atoms with Gasteiger partial charge in [-0.25, -0.2) is 0 Å². The summed E-state index contributed by atoms with van der Waals surface area (Å²) in [5.74, 6) is -1.49. The Labute approximate surface area is 133 Å². The van der Waals surface area contributed by atoms with Crippen molar-refractivity contribution >= 4 is 13.6 Å². The van der Waals surface area contributed by atoms with E-state index < -0.39 is 18.7 Å². The molecule has 0 spiro atoms. The predicted molar refractivity (Wildman–Crippen MR) is 84.7 cm³/mol. The quantitative estimate of drug-likeness (QED) is 0.729. The smallest absolute Gasteiger partial charge is 0.347 e. The molecule has 7 heteroatoms. The number of aliphatic carboxylic acids is 1. The van der Waals surface area contributed by atoms with Crippen molar-refractivity contribution in [3.63, 3.8) is 0 Å². The number of rotatable bonds is 4. The summed E-state index contributed by atoms with van der Waals surface area (Å²) in [6, 6.07) is 9.71. The van der Waals surface area contributed by atoms with E-state index in [0.29, 0.717) is 18.8 Å². The van der Waals surface area contributed by atoms with Crippen molar-refractivity contribution in [2.45, 2.75) is 24.5 Å². The Morgan fingerprint density at radius 2 is 1.96 bits per heavy atom. The molecular weight excluding hydrogens is 317 g/mol. The molecule has 0 radical (unpaired) electrons. The summed E-state index contributed by atoms with van der Waals surface area (Å²) in [6.45, 7) is 1.30. The van der Waals surface area contributed by atoms with Crippen LogP contribution >= 0.6 is 7.60 Å². The Balaban J connectivity index is 1.97. The fourth-order valence-electron chi connectivity index (χ4n) is 3.11. The van der Waals surface area contributed by atoms with Crippen LogP contribution < -0.4 is 0 Å². The summed E-state index contributed by atoms with van der Waals surface area (Å²) >= 11 is 0. The third-order valence-corrected chi connectivity index (χ3v) is 6.00. The molecule has 1 fully saturated rings. The molecule has 0 saturated carbocycles. The topological polar surface area (TPSA) is 98.1 Å². The number of carboxylic acids is 1. The number of hydrogen-bond donors (Lipinski definition) is 3.